The van der Waals surface area contributed by atoms with Gasteiger partial charge in [0.05, 0.1) is 17.9 Å². The van der Waals surface area contributed by atoms with Gasteiger partial charge in [-0.1, -0.05) is 0 Å². The third-order valence-electron chi connectivity index (χ3n) is 4.82. The van der Waals surface area contributed by atoms with Gasteiger partial charge in [0.15, 0.2) is 5.82 Å². The van der Waals surface area contributed by atoms with Crippen molar-refractivity contribution in [3.8, 4) is 5.88 Å². The van der Waals surface area contributed by atoms with E-state index in [0.717, 1.165) is 5.82 Å². The van der Waals surface area contributed by atoms with E-state index < -0.39 is 10.0 Å². The van der Waals surface area contributed by atoms with E-state index in [1.54, 1.807) is 24.6 Å². The second kappa shape index (κ2) is 7.67. The zero-order valence-electron chi connectivity index (χ0n) is 17.2. The minimum atomic E-state index is -3.63. The number of anilines is 1. The molecule has 0 spiro atoms. The quantitative estimate of drug-likeness (QED) is 0.719. The Balaban J connectivity index is 1.74. The molecule has 1 saturated heterocycles. The van der Waals surface area contributed by atoms with Crippen LogP contribution in [0.1, 0.15) is 37.7 Å². The molecule has 1 aliphatic heterocycles. The van der Waals surface area contributed by atoms with Crippen molar-refractivity contribution in [2.24, 2.45) is 0 Å². The standard InChI is InChI=1S/C18H28N6O3S/c1-12(2)24-14(4)18(13(3)21-24)28(25,26)23-10-9-15(11-23)27-17-8-7-16(19-20-17)22(5)6/h7-8,12,15H,9-11H2,1-6H3. The molecule has 2 aromatic rings. The predicted molar refractivity (Wildman–Crippen MR) is 106 cm³/mol. The van der Waals surface area contributed by atoms with Crippen molar-refractivity contribution in [1.82, 2.24) is 24.3 Å². The van der Waals surface area contributed by atoms with Gasteiger partial charge in [-0.3, -0.25) is 4.68 Å². The predicted octanol–water partition coefficient (Wildman–Crippen LogP) is 1.78. The van der Waals surface area contributed by atoms with Crippen molar-refractivity contribution in [3.05, 3.63) is 23.5 Å². The van der Waals surface area contributed by atoms with Gasteiger partial charge < -0.3 is 9.64 Å². The number of aryl methyl sites for hydroxylation is 1. The Morgan fingerprint density at radius 1 is 1.21 bits per heavy atom. The first-order chi connectivity index (χ1) is 13.1. The summed E-state index contributed by atoms with van der Waals surface area (Å²) in [5.41, 5.74) is 1.20. The Morgan fingerprint density at radius 3 is 2.46 bits per heavy atom. The van der Waals surface area contributed by atoms with Crippen LogP contribution < -0.4 is 9.64 Å². The summed E-state index contributed by atoms with van der Waals surface area (Å²) in [6.45, 7) is 8.20. The van der Waals surface area contributed by atoms with Crippen LogP contribution in [0.2, 0.25) is 0 Å². The number of hydrogen-bond donors (Lipinski definition) is 0. The molecule has 10 heteroatoms. The van der Waals surface area contributed by atoms with Crippen LogP contribution >= 0.6 is 0 Å². The summed E-state index contributed by atoms with van der Waals surface area (Å²) in [7, 11) is 0.141. The summed E-state index contributed by atoms with van der Waals surface area (Å²) >= 11 is 0. The van der Waals surface area contributed by atoms with Crippen LogP contribution in [0.5, 0.6) is 5.88 Å². The molecule has 0 radical (unpaired) electrons. The second-order valence-corrected chi connectivity index (χ2v) is 9.43. The van der Waals surface area contributed by atoms with E-state index in [0.29, 0.717) is 35.1 Å². The third-order valence-corrected chi connectivity index (χ3v) is 6.94. The van der Waals surface area contributed by atoms with Crippen LogP contribution in [0.3, 0.4) is 0 Å². The summed E-state index contributed by atoms with van der Waals surface area (Å²) < 4.78 is 35.5. The topological polar surface area (TPSA) is 93.5 Å². The molecule has 154 valence electrons. The Morgan fingerprint density at radius 2 is 1.93 bits per heavy atom. The highest BCUT2D eigenvalue weighted by Gasteiger charge is 2.37. The maximum absolute atomic E-state index is 13.2. The van der Waals surface area contributed by atoms with Crippen molar-refractivity contribution in [2.75, 3.05) is 32.1 Å². The molecular weight excluding hydrogens is 380 g/mol. The van der Waals surface area contributed by atoms with E-state index in [1.165, 1.54) is 4.31 Å². The van der Waals surface area contributed by atoms with Crippen LogP contribution in [0.25, 0.3) is 0 Å². The fourth-order valence-corrected chi connectivity index (χ4v) is 5.30. The first-order valence-electron chi connectivity index (χ1n) is 9.34. The number of ether oxygens (including phenoxy) is 1. The lowest BCUT2D eigenvalue weighted by atomic mass is 10.3. The molecule has 9 nitrogen and oxygen atoms in total. The largest absolute Gasteiger partial charge is 0.472 e. The Bertz CT molecular complexity index is 937. The lowest BCUT2D eigenvalue weighted by molar-refractivity contribution is 0.204. The normalized spacial score (nSPS) is 18.0. The first-order valence-corrected chi connectivity index (χ1v) is 10.8. The second-order valence-electron chi connectivity index (χ2n) is 7.55. The van der Waals surface area contributed by atoms with E-state index >= 15 is 0 Å². The van der Waals surface area contributed by atoms with Crippen molar-refractivity contribution >= 4 is 15.8 Å². The summed E-state index contributed by atoms with van der Waals surface area (Å²) in [5, 5.41) is 12.6. The highest BCUT2D eigenvalue weighted by atomic mass is 32.2. The van der Waals surface area contributed by atoms with Crippen LogP contribution in [-0.4, -0.2) is 66.0 Å². The molecular formula is C18H28N6O3S. The average molecular weight is 409 g/mol. The van der Waals surface area contributed by atoms with Crippen LogP contribution in [-0.2, 0) is 10.0 Å². The fourth-order valence-electron chi connectivity index (χ4n) is 3.45. The first kappa shape index (κ1) is 20.5. The van der Waals surface area contributed by atoms with E-state index in [2.05, 4.69) is 15.3 Å². The molecule has 0 bridgehead atoms. The van der Waals surface area contributed by atoms with Crippen LogP contribution in [0, 0.1) is 13.8 Å². The van der Waals surface area contributed by atoms with Gasteiger partial charge >= 0.3 is 0 Å². The van der Waals surface area contributed by atoms with Gasteiger partial charge in [-0.05, 0) is 40.2 Å². The molecule has 0 aromatic carbocycles. The molecule has 0 saturated carbocycles. The SMILES string of the molecule is Cc1nn(C(C)C)c(C)c1S(=O)(=O)N1CCC(Oc2ccc(N(C)C)nn2)C1. The number of rotatable bonds is 6. The van der Waals surface area contributed by atoms with Crippen molar-refractivity contribution in [1.29, 1.82) is 0 Å². The Labute approximate surface area is 166 Å². The summed E-state index contributed by atoms with van der Waals surface area (Å²) in [5.74, 6) is 1.13. The van der Waals surface area contributed by atoms with E-state index in [1.807, 2.05) is 38.9 Å². The van der Waals surface area contributed by atoms with E-state index in [4.69, 9.17) is 4.74 Å². The Hall–Kier alpha value is -2.20. The molecule has 28 heavy (non-hydrogen) atoms. The summed E-state index contributed by atoms with van der Waals surface area (Å²) in [4.78, 5) is 2.15. The van der Waals surface area contributed by atoms with Gasteiger partial charge in [-0.25, -0.2) is 8.42 Å². The average Bonchev–Trinajstić information content (AvgIpc) is 3.20. The molecule has 0 N–H and O–H groups in total. The zero-order valence-corrected chi connectivity index (χ0v) is 18.1. The number of aromatic nitrogens is 4. The third kappa shape index (κ3) is 3.83. The molecule has 1 aliphatic rings. The van der Waals surface area contributed by atoms with Gasteiger partial charge in [0.1, 0.15) is 11.0 Å². The van der Waals surface area contributed by atoms with Crippen LogP contribution in [0.4, 0.5) is 5.82 Å². The summed E-state index contributed by atoms with van der Waals surface area (Å²) in [6, 6.07) is 3.67. The number of hydrogen-bond acceptors (Lipinski definition) is 7. The highest BCUT2D eigenvalue weighted by molar-refractivity contribution is 7.89. The molecule has 3 heterocycles. The van der Waals surface area contributed by atoms with Crippen molar-refractivity contribution in [3.63, 3.8) is 0 Å². The molecule has 1 fully saturated rings. The minimum absolute atomic E-state index is 0.0982. The Kier molecular flexibility index (Phi) is 5.62. The van der Waals surface area contributed by atoms with Crippen molar-refractivity contribution in [2.45, 2.75) is 51.2 Å². The van der Waals surface area contributed by atoms with E-state index in [9.17, 15) is 8.42 Å². The highest BCUT2D eigenvalue weighted by Crippen LogP contribution is 2.29. The monoisotopic (exact) mass is 408 g/mol. The molecule has 1 unspecified atom stereocenters. The number of nitrogens with zero attached hydrogens (tertiary/aromatic N) is 6. The lowest BCUT2D eigenvalue weighted by Gasteiger charge is -2.18. The van der Waals surface area contributed by atoms with E-state index in [-0.39, 0.29) is 18.7 Å². The zero-order chi connectivity index (χ0) is 20.6. The smallest absolute Gasteiger partial charge is 0.246 e. The maximum Gasteiger partial charge on any atom is 0.246 e. The van der Waals surface area contributed by atoms with Gasteiger partial charge in [-0.2, -0.15) is 9.40 Å². The molecule has 0 aliphatic carbocycles. The van der Waals surface area contributed by atoms with Gasteiger partial charge in [0, 0.05) is 32.7 Å². The lowest BCUT2D eigenvalue weighted by Crippen LogP contribution is -2.31. The molecule has 0 amide bonds. The van der Waals surface area contributed by atoms with Crippen LogP contribution in [0.15, 0.2) is 17.0 Å². The fraction of sp³-hybridized carbons (Fsp3) is 0.611. The maximum atomic E-state index is 13.2. The number of sulfonamides is 1. The minimum Gasteiger partial charge on any atom is -0.472 e. The van der Waals surface area contributed by atoms with Gasteiger partial charge in [0.25, 0.3) is 0 Å². The molecule has 3 rings (SSSR count). The summed E-state index contributed by atoms with van der Waals surface area (Å²) in [6.07, 6.45) is 0.349. The van der Waals surface area contributed by atoms with Gasteiger partial charge in [0.2, 0.25) is 15.9 Å². The van der Waals surface area contributed by atoms with Crippen molar-refractivity contribution < 1.29 is 13.2 Å². The molecule has 2 aromatic heterocycles. The van der Waals surface area contributed by atoms with Gasteiger partial charge in [-0.15, -0.1) is 10.2 Å². The molecule has 1 atom stereocenters.